The fourth-order valence-corrected chi connectivity index (χ4v) is 5.59. The number of amides is 2. The molecule has 1 aromatic heterocycles. The number of nitrogens with zero attached hydrogens (tertiary/aromatic N) is 5. The van der Waals surface area contributed by atoms with Gasteiger partial charge in [-0.25, -0.2) is 9.78 Å². The maximum Gasteiger partial charge on any atom is 0.411 e. The first-order chi connectivity index (χ1) is 24.7. The number of hydrogen-bond acceptors (Lipinski definition) is 7. The summed E-state index contributed by atoms with van der Waals surface area (Å²) in [7, 11) is 3.67. The van der Waals surface area contributed by atoms with Crippen molar-refractivity contribution in [3.8, 4) is 5.75 Å². The van der Waals surface area contributed by atoms with Crippen LogP contribution in [0.3, 0.4) is 0 Å². The molecule has 296 valence electrons. The number of aliphatic imine (C=N–C) groups is 1. The molecule has 10 nitrogen and oxygen atoms in total. The van der Waals surface area contributed by atoms with E-state index in [9.17, 15) is 9.59 Å². The normalized spacial score (nSPS) is 17.2. The van der Waals surface area contributed by atoms with Crippen molar-refractivity contribution < 1.29 is 19.1 Å². The maximum atomic E-state index is 12.8. The van der Waals surface area contributed by atoms with Crippen molar-refractivity contribution in [2.45, 2.75) is 120 Å². The summed E-state index contributed by atoms with van der Waals surface area (Å²) < 4.78 is 12.8. The van der Waals surface area contributed by atoms with E-state index in [0.717, 1.165) is 43.1 Å². The molecule has 0 unspecified atom stereocenters. The van der Waals surface area contributed by atoms with Crippen LogP contribution in [0.2, 0.25) is 0 Å². The molecule has 0 spiro atoms. The molecule has 0 aliphatic carbocycles. The van der Waals surface area contributed by atoms with Gasteiger partial charge in [-0.3, -0.25) is 14.7 Å². The molecule has 2 saturated heterocycles. The molecule has 3 heterocycles. The van der Waals surface area contributed by atoms with Crippen LogP contribution in [0, 0.1) is 19.8 Å². The van der Waals surface area contributed by atoms with E-state index in [1.54, 1.807) is 24.5 Å². The number of benzene rings is 1. The van der Waals surface area contributed by atoms with E-state index in [0.29, 0.717) is 25.6 Å². The molecule has 2 amide bonds. The first kappa shape index (κ1) is 50.2. The quantitative estimate of drug-likeness (QED) is 0.235. The number of hydrogen-bond donors (Lipinski definition) is 1. The predicted octanol–water partition coefficient (Wildman–Crippen LogP) is 9.14. The fourth-order valence-electron chi connectivity index (χ4n) is 5.59. The summed E-state index contributed by atoms with van der Waals surface area (Å²) in [4.78, 5) is 37.0. The number of likely N-dealkylation sites (tertiary alicyclic amines) is 1. The smallest absolute Gasteiger partial charge is 0.411 e. The number of nitrogens with one attached hydrogen (secondary N) is 1. The standard InChI is InChI=1S/C16H29N3O3.C15H21NO.C5H8N2.2C2H6.C2H4/c1-12-6-5-8-18(11-12)14(20)13-10-17-7-9-19(13)15(21)22-16(2,3)4;1-6-14(16-7-2)12(4)13-9-8-11(3)10-15(13)17-5;1-5-3-7(2)4-6-5;3*1-2/h12-13,17H,5-11H2,1-4H3;7-10,12H,2,6H2,1,3-5H3;3-4H,1-2H3;2*1-2H3;1-2H2/t12-,13+;12-;;;;/m11..../s1. The number of imidazole rings is 1. The molecule has 1 N–H and O–H groups in total. The first-order valence-corrected chi connectivity index (χ1v) is 19.0. The van der Waals surface area contributed by atoms with Gasteiger partial charge in [0.25, 0.3) is 0 Å². The number of carbonyl (C=O) groups is 2. The minimum Gasteiger partial charge on any atom is -0.496 e. The van der Waals surface area contributed by atoms with Gasteiger partial charge in [-0.15, -0.1) is 13.2 Å². The number of aromatic nitrogens is 2. The van der Waals surface area contributed by atoms with E-state index in [4.69, 9.17) is 9.47 Å². The number of aryl methyl sites for hydroxylation is 3. The molecule has 4 rings (SSSR count). The van der Waals surface area contributed by atoms with Crippen molar-refractivity contribution in [2.75, 3.05) is 39.8 Å². The van der Waals surface area contributed by atoms with Crippen LogP contribution in [-0.2, 0) is 16.6 Å². The fraction of sp³-hybridized carbons (Fsp3) is 0.619. The third kappa shape index (κ3) is 18.5. The number of rotatable bonds is 6. The Hall–Kier alpha value is -3.92. The first-order valence-electron chi connectivity index (χ1n) is 19.0. The largest absolute Gasteiger partial charge is 0.496 e. The molecule has 2 fully saturated rings. The molecule has 0 bridgehead atoms. The van der Waals surface area contributed by atoms with Gasteiger partial charge in [0.15, 0.2) is 0 Å². The average molecular weight is 727 g/mol. The Morgan fingerprint density at radius 1 is 1.13 bits per heavy atom. The average Bonchev–Trinajstić information content (AvgIpc) is 3.53. The van der Waals surface area contributed by atoms with Gasteiger partial charge in [-0.2, -0.15) is 0 Å². The van der Waals surface area contributed by atoms with E-state index < -0.39 is 17.7 Å². The third-order valence-corrected chi connectivity index (χ3v) is 7.93. The van der Waals surface area contributed by atoms with Crippen molar-refractivity contribution in [2.24, 2.45) is 18.0 Å². The van der Waals surface area contributed by atoms with Crippen LogP contribution in [-0.4, -0.2) is 88.5 Å². The summed E-state index contributed by atoms with van der Waals surface area (Å²) >= 11 is 0. The van der Waals surface area contributed by atoms with Crippen LogP contribution in [0.5, 0.6) is 5.75 Å². The maximum absolute atomic E-state index is 12.8. The predicted molar refractivity (Wildman–Crippen MR) is 221 cm³/mol. The van der Waals surface area contributed by atoms with E-state index in [2.05, 4.69) is 80.9 Å². The molecule has 10 heteroatoms. The summed E-state index contributed by atoms with van der Waals surface area (Å²) in [5, 5.41) is 3.22. The van der Waals surface area contributed by atoms with Gasteiger partial charge in [0.2, 0.25) is 5.91 Å². The van der Waals surface area contributed by atoms with Gasteiger partial charge >= 0.3 is 6.09 Å². The summed E-state index contributed by atoms with van der Waals surface area (Å²) in [5.74, 6) is 1.77. The Morgan fingerprint density at radius 2 is 1.77 bits per heavy atom. The Labute approximate surface area is 317 Å². The van der Waals surface area contributed by atoms with Crippen LogP contribution in [0.15, 0.2) is 61.7 Å². The lowest BCUT2D eigenvalue weighted by atomic mass is 9.93. The van der Waals surface area contributed by atoms with E-state index in [-0.39, 0.29) is 11.8 Å². The SMILES string of the molecule is C=C.C=CN=C(CC)[C@H](C)c1ccc(C)cc1OC.CC.CC.C[C@@H]1CCCN(C(=O)[C@@H]2CNCCN2C(=O)OC(C)(C)C)C1.Cc1cn(C)cn1. The molecular formula is C42H74N6O4. The van der Waals surface area contributed by atoms with E-state index >= 15 is 0 Å². The summed E-state index contributed by atoms with van der Waals surface area (Å²) in [6.45, 7) is 37.0. The molecule has 2 aliphatic heterocycles. The van der Waals surface area contributed by atoms with Crippen molar-refractivity contribution in [1.29, 1.82) is 0 Å². The zero-order chi connectivity index (χ0) is 40.4. The van der Waals surface area contributed by atoms with Crippen LogP contribution in [0.25, 0.3) is 0 Å². The Balaban J connectivity index is 0. The lowest BCUT2D eigenvalue weighted by Gasteiger charge is -2.40. The van der Waals surface area contributed by atoms with Gasteiger partial charge < -0.3 is 24.3 Å². The van der Waals surface area contributed by atoms with Crippen molar-refractivity contribution in [3.05, 3.63) is 73.5 Å². The number of carbonyl (C=O) groups excluding carboxylic acids is 2. The Bertz CT molecular complexity index is 1300. The highest BCUT2D eigenvalue weighted by Gasteiger charge is 2.37. The third-order valence-electron chi connectivity index (χ3n) is 7.93. The summed E-state index contributed by atoms with van der Waals surface area (Å²) in [6.07, 6.45) is 8.11. The second-order valence-corrected chi connectivity index (χ2v) is 13.2. The van der Waals surface area contributed by atoms with Crippen LogP contribution in [0.1, 0.15) is 111 Å². The molecule has 0 saturated carbocycles. The monoisotopic (exact) mass is 727 g/mol. The van der Waals surface area contributed by atoms with Crippen LogP contribution in [0.4, 0.5) is 4.79 Å². The molecule has 1 aromatic carbocycles. The highest BCUT2D eigenvalue weighted by molar-refractivity contribution is 5.91. The zero-order valence-electron chi connectivity index (χ0n) is 35.3. The number of ether oxygens (including phenoxy) is 2. The second kappa shape index (κ2) is 27.7. The molecule has 52 heavy (non-hydrogen) atoms. The number of piperidine rings is 1. The van der Waals surface area contributed by atoms with Gasteiger partial charge in [0, 0.05) is 69.4 Å². The zero-order valence-corrected chi connectivity index (χ0v) is 35.3. The van der Waals surface area contributed by atoms with Crippen molar-refractivity contribution in [3.63, 3.8) is 0 Å². The molecule has 2 aliphatic rings. The van der Waals surface area contributed by atoms with E-state index in [1.807, 2.05) is 78.1 Å². The van der Waals surface area contributed by atoms with Crippen molar-refractivity contribution >= 4 is 17.7 Å². The molecular weight excluding hydrogens is 652 g/mol. The van der Waals surface area contributed by atoms with Crippen molar-refractivity contribution in [1.82, 2.24) is 24.7 Å². The topological polar surface area (TPSA) is 101 Å². The molecule has 2 aromatic rings. The minimum absolute atomic E-state index is 0.0459. The Kier molecular flexibility index (Phi) is 26.7. The number of methoxy groups -OCH3 is 1. The van der Waals surface area contributed by atoms with Gasteiger partial charge in [-0.1, -0.05) is 67.2 Å². The van der Waals surface area contributed by atoms with Gasteiger partial charge in [0.1, 0.15) is 17.4 Å². The lowest BCUT2D eigenvalue weighted by molar-refractivity contribution is -0.139. The van der Waals surface area contributed by atoms with Gasteiger partial charge in [0.05, 0.1) is 19.1 Å². The second-order valence-electron chi connectivity index (χ2n) is 13.2. The number of piperazine rings is 1. The summed E-state index contributed by atoms with van der Waals surface area (Å²) in [6, 6.07) is 5.84. The molecule has 0 radical (unpaired) electrons. The highest BCUT2D eigenvalue weighted by Crippen LogP contribution is 2.29. The summed E-state index contributed by atoms with van der Waals surface area (Å²) in [5.41, 5.74) is 4.04. The van der Waals surface area contributed by atoms with E-state index in [1.165, 1.54) is 17.5 Å². The minimum atomic E-state index is -0.546. The molecule has 3 atom stereocenters. The highest BCUT2D eigenvalue weighted by atomic mass is 16.6. The Morgan fingerprint density at radius 3 is 2.23 bits per heavy atom. The lowest BCUT2D eigenvalue weighted by Crippen LogP contribution is -2.61. The van der Waals surface area contributed by atoms with Crippen LogP contribution < -0.4 is 10.1 Å². The van der Waals surface area contributed by atoms with Crippen LogP contribution >= 0.6 is 0 Å². The van der Waals surface area contributed by atoms with Gasteiger partial charge in [-0.05, 0) is 71.4 Å².